The van der Waals surface area contributed by atoms with E-state index in [0.717, 1.165) is 19.3 Å². The standard InChI is InChI=1S/C17H18FNO3/c18-13-3-1-2-11-7-14(22-16(11)13)17(21)19-15-10-5-4-9(6-10)12(15)8-20/h1-3,7,9-10,12,15,20H,4-6,8H2,(H,19,21). The Labute approximate surface area is 127 Å². The summed E-state index contributed by atoms with van der Waals surface area (Å²) >= 11 is 0. The number of furan rings is 1. The molecule has 0 spiro atoms. The molecule has 2 saturated carbocycles. The molecule has 22 heavy (non-hydrogen) atoms. The molecule has 2 aliphatic rings. The summed E-state index contributed by atoms with van der Waals surface area (Å²) in [5.74, 6) is 0.403. The van der Waals surface area contributed by atoms with E-state index in [0.29, 0.717) is 17.2 Å². The Balaban J connectivity index is 1.57. The molecule has 4 nitrogen and oxygen atoms in total. The Morgan fingerprint density at radius 1 is 1.36 bits per heavy atom. The lowest BCUT2D eigenvalue weighted by molar-refractivity contribution is 0.0836. The van der Waals surface area contributed by atoms with Crippen LogP contribution >= 0.6 is 0 Å². The third-order valence-corrected chi connectivity index (χ3v) is 5.32. The van der Waals surface area contributed by atoms with Gasteiger partial charge in [0, 0.05) is 24.0 Å². The monoisotopic (exact) mass is 303 g/mol. The summed E-state index contributed by atoms with van der Waals surface area (Å²) in [6.45, 7) is 0.0981. The van der Waals surface area contributed by atoms with E-state index in [1.54, 1.807) is 18.2 Å². The average Bonchev–Trinajstić information content (AvgIpc) is 3.21. The van der Waals surface area contributed by atoms with Crippen LogP contribution in [-0.2, 0) is 0 Å². The van der Waals surface area contributed by atoms with E-state index in [1.807, 2.05) is 0 Å². The van der Waals surface area contributed by atoms with Crippen molar-refractivity contribution in [2.75, 3.05) is 6.61 Å². The molecular formula is C17H18FNO3. The van der Waals surface area contributed by atoms with E-state index in [4.69, 9.17) is 4.42 Å². The van der Waals surface area contributed by atoms with Crippen molar-refractivity contribution in [1.82, 2.24) is 5.32 Å². The number of hydrogen-bond donors (Lipinski definition) is 2. The number of nitrogens with one attached hydrogen (secondary N) is 1. The summed E-state index contributed by atoms with van der Waals surface area (Å²) in [5, 5.41) is 13.1. The first-order chi connectivity index (χ1) is 10.7. The van der Waals surface area contributed by atoms with Crippen molar-refractivity contribution in [3.63, 3.8) is 0 Å². The van der Waals surface area contributed by atoms with Crippen molar-refractivity contribution in [1.29, 1.82) is 0 Å². The number of benzene rings is 1. The van der Waals surface area contributed by atoms with Crippen molar-refractivity contribution >= 4 is 16.9 Å². The van der Waals surface area contributed by atoms with E-state index in [2.05, 4.69) is 5.32 Å². The quantitative estimate of drug-likeness (QED) is 0.916. The van der Waals surface area contributed by atoms with Crippen molar-refractivity contribution < 1.29 is 18.7 Å². The first-order valence-corrected chi connectivity index (χ1v) is 7.77. The highest BCUT2D eigenvalue weighted by Crippen LogP contribution is 2.48. The Kier molecular flexibility index (Phi) is 3.18. The number of aliphatic hydroxyl groups is 1. The number of carbonyl (C=O) groups is 1. The summed E-state index contributed by atoms with van der Waals surface area (Å²) in [7, 11) is 0. The first-order valence-electron chi connectivity index (χ1n) is 7.77. The van der Waals surface area contributed by atoms with Crippen LogP contribution in [-0.4, -0.2) is 23.7 Å². The molecule has 2 aliphatic carbocycles. The fourth-order valence-corrected chi connectivity index (χ4v) is 4.26. The third kappa shape index (κ3) is 2.03. The number of rotatable bonds is 3. The maximum absolute atomic E-state index is 13.6. The van der Waals surface area contributed by atoms with Gasteiger partial charge in [-0.1, -0.05) is 12.1 Å². The van der Waals surface area contributed by atoms with Crippen LogP contribution in [0.25, 0.3) is 11.0 Å². The van der Waals surface area contributed by atoms with Crippen LogP contribution in [0.2, 0.25) is 0 Å². The largest absolute Gasteiger partial charge is 0.448 e. The van der Waals surface area contributed by atoms with Crippen LogP contribution in [0.3, 0.4) is 0 Å². The van der Waals surface area contributed by atoms with E-state index in [-0.39, 0.29) is 35.8 Å². The van der Waals surface area contributed by atoms with Gasteiger partial charge >= 0.3 is 0 Å². The minimum atomic E-state index is -0.468. The van der Waals surface area contributed by atoms with Gasteiger partial charge < -0.3 is 14.8 Å². The van der Waals surface area contributed by atoms with Crippen LogP contribution in [0, 0.1) is 23.6 Å². The normalized spacial score (nSPS) is 30.1. The molecule has 4 atom stereocenters. The number of para-hydroxylation sites is 1. The van der Waals surface area contributed by atoms with Crippen LogP contribution in [0.5, 0.6) is 0 Å². The second-order valence-electron chi connectivity index (χ2n) is 6.45. The van der Waals surface area contributed by atoms with Crippen LogP contribution in [0.4, 0.5) is 4.39 Å². The molecule has 2 aromatic rings. The maximum Gasteiger partial charge on any atom is 0.287 e. The first kappa shape index (κ1) is 13.8. The lowest BCUT2D eigenvalue weighted by atomic mass is 9.85. The van der Waals surface area contributed by atoms with E-state index in [9.17, 15) is 14.3 Å². The van der Waals surface area contributed by atoms with Crippen molar-refractivity contribution in [3.8, 4) is 0 Å². The minimum Gasteiger partial charge on any atom is -0.448 e. The van der Waals surface area contributed by atoms with Gasteiger partial charge in [-0.05, 0) is 43.2 Å². The van der Waals surface area contributed by atoms with Crippen molar-refractivity contribution in [3.05, 3.63) is 35.8 Å². The van der Waals surface area contributed by atoms with Crippen LogP contribution in [0.15, 0.2) is 28.7 Å². The molecular weight excluding hydrogens is 285 g/mol. The number of fused-ring (bicyclic) bond motifs is 3. The summed E-state index contributed by atoms with van der Waals surface area (Å²) in [6, 6.07) is 6.17. The van der Waals surface area contributed by atoms with Crippen molar-refractivity contribution in [2.24, 2.45) is 17.8 Å². The molecule has 4 rings (SSSR count). The molecule has 2 fully saturated rings. The number of amides is 1. The molecule has 1 amide bonds. The van der Waals surface area contributed by atoms with E-state index < -0.39 is 5.82 Å². The summed E-state index contributed by atoms with van der Waals surface area (Å²) in [5.41, 5.74) is 0.110. The number of aliphatic hydroxyl groups excluding tert-OH is 1. The zero-order chi connectivity index (χ0) is 15.3. The zero-order valence-electron chi connectivity index (χ0n) is 12.1. The molecule has 0 saturated heterocycles. The molecule has 2 bridgehead atoms. The smallest absolute Gasteiger partial charge is 0.287 e. The fourth-order valence-electron chi connectivity index (χ4n) is 4.26. The second kappa shape index (κ2) is 5.09. The number of halogens is 1. The highest BCUT2D eigenvalue weighted by Gasteiger charge is 2.47. The topological polar surface area (TPSA) is 62.5 Å². The Hall–Kier alpha value is -1.88. The molecule has 1 aromatic carbocycles. The van der Waals surface area contributed by atoms with Crippen molar-refractivity contribution in [2.45, 2.75) is 25.3 Å². The van der Waals surface area contributed by atoms with Gasteiger partial charge in [-0.2, -0.15) is 0 Å². The summed E-state index contributed by atoms with van der Waals surface area (Å²) < 4.78 is 19.0. The van der Waals surface area contributed by atoms with Gasteiger partial charge in [0.2, 0.25) is 0 Å². The molecule has 1 heterocycles. The second-order valence-corrected chi connectivity index (χ2v) is 6.45. The zero-order valence-corrected chi connectivity index (χ0v) is 12.1. The average molecular weight is 303 g/mol. The van der Waals surface area contributed by atoms with Gasteiger partial charge in [-0.25, -0.2) is 4.39 Å². The Bertz CT molecular complexity index is 726. The molecule has 1 aromatic heterocycles. The van der Waals surface area contributed by atoms with E-state index in [1.165, 1.54) is 6.07 Å². The molecule has 0 aliphatic heterocycles. The third-order valence-electron chi connectivity index (χ3n) is 5.32. The Morgan fingerprint density at radius 2 is 2.18 bits per heavy atom. The van der Waals surface area contributed by atoms with Crippen LogP contribution < -0.4 is 5.32 Å². The van der Waals surface area contributed by atoms with Gasteiger partial charge in [-0.15, -0.1) is 0 Å². The number of carbonyl (C=O) groups excluding carboxylic acids is 1. The number of hydrogen-bond acceptors (Lipinski definition) is 3. The SMILES string of the molecule is O=C(NC1C2CCC(C2)C1CO)c1cc2cccc(F)c2o1. The highest BCUT2D eigenvalue weighted by atomic mass is 19.1. The molecule has 2 N–H and O–H groups in total. The molecule has 5 heteroatoms. The minimum absolute atomic E-state index is 0.00527. The Morgan fingerprint density at radius 3 is 2.95 bits per heavy atom. The summed E-state index contributed by atoms with van der Waals surface area (Å²) in [4.78, 5) is 12.4. The fraction of sp³-hybridized carbons (Fsp3) is 0.471. The lowest BCUT2D eigenvalue weighted by Gasteiger charge is -2.30. The van der Waals surface area contributed by atoms with Gasteiger partial charge in [0.1, 0.15) is 0 Å². The molecule has 4 unspecified atom stereocenters. The van der Waals surface area contributed by atoms with E-state index >= 15 is 0 Å². The van der Waals surface area contributed by atoms with Gasteiger partial charge in [0.05, 0.1) is 0 Å². The molecule has 116 valence electrons. The maximum atomic E-state index is 13.6. The predicted octanol–water partition coefficient (Wildman–Crippen LogP) is 2.71. The summed E-state index contributed by atoms with van der Waals surface area (Å²) in [6.07, 6.45) is 3.31. The van der Waals surface area contributed by atoms with Gasteiger partial charge in [0.15, 0.2) is 17.2 Å². The van der Waals surface area contributed by atoms with Crippen LogP contribution in [0.1, 0.15) is 29.8 Å². The van der Waals surface area contributed by atoms with Gasteiger partial charge in [0.25, 0.3) is 5.91 Å². The highest BCUT2D eigenvalue weighted by molar-refractivity contribution is 5.96. The molecule has 0 radical (unpaired) electrons. The predicted molar refractivity (Wildman–Crippen MR) is 78.8 cm³/mol. The lowest BCUT2D eigenvalue weighted by Crippen LogP contribution is -2.45. The van der Waals surface area contributed by atoms with Gasteiger partial charge in [-0.3, -0.25) is 4.79 Å².